The van der Waals surface area contributed by atoms with E-state index in [0.29, 0.717) is 0 Å². The van der Waals surface area contributed by atoms with Crippen LogP contribution in [0.25, 0.3) is 15.5 Å². The van der Waals surface area contributed by atoms with E-state index in [1.54, 1.807) is 22.7 Å². The van der Waals surface area contributed by atoms with Gasteiger partial charge in [-0.05, 0) is 37.1 Å². The number of imidazole rings is 1. The van der Waals surface area contributed by atoms with E-state index in [1.165, 1.54) is 23.4 Å². The number of fused-ring (bicyclic) bond motifs is 3. The fourth-order valence-electron chi connectivity index (χ4n) is 3.01. The highest BCUT2D eigenvalue weighted by Crippen LogP contribution is 2.36. The van der Waals surface area contributed by atoms with Crippen LogP contribution in [0.1, 0.15) is 29.1 Å². The minimum atomic E-state index is -0.801. The van der Waals surface area contributed by atoms with Crippen LogP contribution < -0.4 is 0 Å². The van der Waals surface area contributed by atoms with Crippen LogP contribution in [-0.4, -0.2) is 20.5 Å². The van der Waals surface area contributed by atoms with Gasteiger partial charge < -0.3 is 5.11 Å². The van der Waals surface area contributed by atoms with E-state index in [9.17, 15) is 9.90 Å². The lowest BCUT2D eigenvalue weighted by Gasteiger charge is -2.12. The zero-order chi connectivity index (χ0) is 14.4. The number of nitrogens with zero attached hydrogens (tertiary/aromatic N) is 2. The summed E-state index contributed by atoms with van der Waals surface area (Å²) in [7, 11) is 0. The molecule has 6 heteroatoms. The molecular formula is C15H14N2O2S2. The van der Waals surface area contributed by atoms with Gasteiger partial charge in [-0.2, -0.15) is 0 Å². The lowest BCUT2D eigenvalue weighted by molar-refractivity contribution is -0.136. The van der Waals surface area contributed by atoms with E-state index in [1.807, 2.05) is 17.5 Å². The van der Waals surface area contributed by atoms with Crippen LogP contribution in [0.4, 0.5) is 0 Å². The van der Waals surface area contributed by atoms with Crippen molar-refractivity contribution in [1.29, 1.82) is 0 Å². The van der Waals surface area contributed by atoms with Crippen LogP contribution in [0.2, 0.25) is 0 Å². The highest BCUT2D eigenvalue weighted by Gasteiger charge is 2.24. The zero-order valence-corrected chi connectivity index (χ0v) is 13.0. The Kier molecular flexibility index (Phi) is 3.08. The van der Waals surface area contributed by atoms with Crippen molar-refractivity contribution in [1.82, 2.24) is 9.38 Å². The maximum Gasteiger partial charge on any atom is 0.309 e. The lowest BCUT2D eigenvalue weighted by Crippen LogP contribution is -2.09. The standard InChI is InChI=1S/C15H14N2O2S2/c18-13(19)8-10-14(12-6-3-7-20-12)16-15-17(10)9-4-1-2-5-11(9)21-15/h3,6-7H,1-2,4-5,8H2,(H,18,19). The van der Waals surface area contributed by atoms with Gasteiger partial charge in [-0.1, -0.05) is 6.07 Å². The largest absolute Gasteiger partial charge is 0.481 e. The Labute approximate surface area is 129 Å². The quantitative estimate of drug-likeness (QED) is 0.802. The van der Waals surface area contributed by atoms with E-state index >= 15 is 0 Å². The predicted molar refractivity (Wildman–Crippen MR) is 84.4 cm³/mol. The number of thiazole rings is 1. The summed E-state index contributed by atoms with van der Waals surface area (Å²) in [5.41, 5.74) is 2.96. The van der Waals surface area contributed by atoms with Gasteiger partial charge in [0.05, 0.1) is 17.0 Å². The maximum absolute atomic E-state index is 11.3. The number of carboxylic acid groups (broad SMARTS) is 1. The Bertz CT molecular complexity index is 815. The molecular weight excluding hydrogens is 304 g/mol. The summed E-state index contributed by atoms with van der Waals surface area (Å²) in [6.45, 7) is 0. The second-order valence-electron chi connectivity index (χ2n) is 5.25. The smallest absolute Gasteiger partial charge is 0.309 e. The number of aromatic nitrogens is 2. The molecule has 1 aliphatic rings. The van der Waals surface area contributed by atoms with Crippen LogP contribution >= 0.6 is 22.7 Å². The van der Waals surface area contributed by atoms with E-state index in [2.05, 4.69) is 4.40 Å². The number of carbonyl (C=O) groups is 1. The molecule has 0 atom stereocenters. The number of aliphatic carboxylic acids is 1. The predicted octanol–water partition coefficient (Wildman–Crippen LogP) is 3.63. The molecule has 3 aromatic rings. The summed E-state index contributed by atoms with van der Waals surface area (Å²) in [4.78, 5) is 19.4. The molecule has 0 spiro atoms. The van der Waals surface area contributed by atoms with Crippen molar-refractivity contribution in [3.05, 3.63) is 33.8 Å². The fourth-order valence-corrected chi connectivity index (χ4v) is 4.98. The molecule has 0 fully saturated rings. The summed E-state index contributed by atoms with van der Waals surface area (Å²) in [5.74, 6) is -0.801. The Morgan fingerprint density at radius 3 is 3.00 bits per heavy atom. The number of rotatable bonds is 3. The van der Waals surface area contributed by atoms with E-state index in [-0.39, 0.29) is 6.42 Å². The lowest BCUT2D eigenvalue weighted by atomic mass is 10.0. The number of thiophene rings is 1. The minimum absolute atomic E-state index is 0.0254. The molecule has 0 amide bonds. The number of hydrogen-bond acceptors (Lipinski definition) is 4. The van der Waals surface area contributed by atoms with E-state index in [0.717, 1.165) is 34.1 Å². The van der Waals surface area contributed by atoms with Gasteiger partial charge in [-0.3, -0.25) is 9.20 Å². The average Bonchev–Trinajstić information content (AvgIpc) is 3.13. The first-order valence-corrected chi connectivity index (χ1v) is 8.71. The second kappa shape index (κ2) is 4.96. The molecule has 4 nitrogen and oxygen atoms in total. The fraction of sp³-hybridized carbons (Fsp3) is 0.333. The first-order chi connectivity index (χ1) is 10.2. The molecule has 4 rings (SSSR count). The van der Waals surface area contributed by atoms with Gasteiger partial charge in [-0.25, -0.2) is 4.98 Å². The van der Waals surface area contributed by atoms with Crippen molar-refractivity contribution >= 4 is 33.6 Å². The van der Waals surface area contributed by atoms with Crippen molar-refractivity contribution in [2.45, 2.75) is 32.1 Å². The third-order valence-corrected chi connectivity index (χ3v) is 5.91. The van der Waals surface area contributed by atoms with Gasteiger partial charge in [0.15, 0.2) is 4.96 Å². The van der Waals surface area contributed by atoms with Crippen LogP contribution in [0.5, 0.6) is 0 Å². The summed E-state index contributed by atoms with van der Waals surface area (Å²) in [5, 5.41) is 11.3. The Morgan fingerprint density at radius 1 is 1.38 bits per heavy atom. The summed E-state index contributed by atoms with van der Waals surface area (Å²) >= 11 is 3.33. The molecule has 21 heavy (non-hydrogen) atoms. The number of carboxylic acids is 1. The molecule has 0 saturated carbocycles. The van der Waals surface area contributed by atoms with Gasteiger partial charge in [0.2, 0.25) is 0 Å². The molecule has 0 saturated heterocycles. The molecule has 1 N–H and O–H groups in total. The summed E-state index contributed by atoms with van der Waals surface area (Å²) in [6, 6.07) is 3.99. The van der Waals surface area contributed by atoms with Crippen molar-refractivity contribution in [3.63, 3.8) is 0 Å². The third-order valence-electron chi connectivity index (χ3n) is 3.89. The maximum atomic E-state index is 11.3. The Morgan fingerprint density at radius 2 is 2.24 bits per heavy atom. The van der Waals surface area contributed by atoms with Crippen LogP contribution in [0, 0.1) is 0 Å². The monoisotopic (exact) mass is 318 g/mol. The summed E-state index contributed by atoms with van der Waals surface area (Å²) < 4.78 is 2.11. The number of aryl methyl sites for hydroxylation is 2. The van der Waals surface area contributed by atoms with E-state index < -0.39 is 5.97 Å². The SMILES string of the molecule is O=C(O)Cc1c(-c2cccs2)nc2sc3c(n12)CCCC3. The molecule has 1 aliphatic carbocycles. The van der Waals surface area contributed by atoms with Crippen LogP contribution in [0.3, 0.4) is 0 Å². The zero-order valence-electron chi connectivity index (χ0n) is 11.3. The van der Waals surface area contributed by atoms with Crippen molar-refractivity contribution < 1.29 is 9.90 Å². The molecule has 0 unspecified atom stereocenters. The normalized spacial score (nSPS) is 14.5. The van der Waals surface area contributed by atoms with Gasteiger partial charge in [0, 0.05) is 10.6 Å². The molecule has 3 aromatic heterocycles. The van der Waals surface area contributed by atoms with Gasteiger partial charge >= 0.3 is 5.97 Å². The molecule has 108 valence electrons. The molecule has 0 aromatic carbocycles. The third kappa shape index (κ3) is 2.10. The number of hydrogen-bond donors (Lipinski definition) is 1. The Balaban J connectivity index is 1.98. The second-order valence-corrected chi connectivity index (χ2v) is 7.26. The van der Waals surface area contributed by atoms with Gasteiger partial charge in [0.1, 0.15) is 5.69 Å². The summed E-state index contributed by atoms with van der Waals surface area (Å²) in [6.07, 6.45) is 4.56. The first kappa shape index (κ1) is 13.0. The highest BCUT2D eigenvalue weighted by atomic mass is 32.1. The van der Waals surface area contributed by atoms with E-state index in [4.69, 9.17) is 4.98 Å². The molecule has 0 radical (unpaired) electrons. The van der Waals surface area contributed by atoms with Crippen molar-refractivity contribution in [3.8, 4) is 10.6 Å². The van der Waals surface area contributed by atoms with Crippen LogP contribution in [0.15, 0.2) is 17.5 Å². The van der Waals surface area contributed by atoms with Crippen LogP contribution in [-0.2, 0) is 24.1 Å². The Hall–Kier alpha value is -1.66. The minimum Gasteiger partial charge on any atom is -0.481 e. The first-order valence-electron chi connectivity index (χ1n) is 7.01. The van der Waals surface area contributed by atoms with Gasteiger partial charge in [-0.15, -0.1) is 22.7 Å². The van der Waals surface area contributed by atoms with Crippen molar-refractivity contribution in [2.24, 2.45) is 0 Å². The topological polar surface area (TPSA) is 54.6 Å². The molecule has 3 heterocycles. The molecule has 0 bridgehead atoms. The molecule has 0 aliphatic heterocycles. The van der Waals surface area contributed by atoms with Gasteiger partial charge in [0.25, 0.3) is 0 Å². The van der Waals surface area contributed by atoms with Crippen molar-refractivity contribution in [2.75, 3.05) is 0 Å². The highest BCUT2D eigenvalue weighted by molar-refractivity contribution is 7.17. The average molecular weight is 318 g/mol.